The molecular formula is C43H61F3N6O5. The van der Waals surface area contributed by atoms with Crippen LogP contribution in [0.3, 0.4) is 0 Å². The predicted molar refractivity (Wildman–Crippen MR) is 219 cm³/mol. The van der Waals surface area contributed by atoms with E-state index < -0.39 is 18.1 Å². The van der Waals surface area contributed by atoms with Crippen molar-refractivity contribution in [2.45, 2.75) is 85.9 Å². The van der Waals surface area contributed by atoms with E-state index >= 15 is 0 Å². The van der Waals surface area contributed by atoms with Gasteiger partial charge in [0.05, 0.1) is 0 Å². The number of carbonyl (C=O) groups is 4. The second kappa shape index (κ2) is 22.2. The first kappa shape index (κ1) is 44.9. The summed E-state index contributed by atoms with van der Waals surface area (Å²) in [4.78, 5) is 58.9. The van der Waals surface area contributed by atoms with Crippen LogP contribution < -0.4 is 5.32 Å². The van der Waals surface area contributed by atoms with Gasteiger partial charge in [0.25, 0.3) is 11.8 Å². The number of hydrogen-bond acceptors (Lipinski definition) is 6. The maximum atomic E-state index is 13.0. The van der Waals surface area contributed by atoms with Gasteiger partial charge in [-0.2, -0.15) is 13.2 Å². The van der Waals surface area contributed by atoms with Gasteiger partial charge in [0.2, 0.25) is 6.29 Å². The van der Waals surface area contributed by atoms with Crippen LogP contribution in [0.5, 0.6) is 0 Å². The second-order valence-corrected chi connectivity index (χ2v) is 15.0. The number of fused-ring (bicyclic) bond motifs is 2. The fourth-order valence-electron chi connectivity index (χ4n) is 6.84. The molecule has 0 aliphatic carbocycles. The summed E-state index contributed by atoms with van der Waals surface area (Å²) in [6.07, 6.45) is -1.60. The Morgan fingerprint density at radius 3 is 1.75 bits per heavy atom. The van der Waals surface area contributed by atoms with Gasteiger partial charge >= 0.3 is 12.3 Å². The number of ether oxygens (including phenoxy) is 1. The Kier molecular flexibility index (Phi) is 17.5. The number of amides is 3. The molecule has 2 unspecified atom stereocenters. The van der Waals surface area contributed by atoms with Gasteiger partial charge in [-0.1, -0.05) is 50.2 Å². The van der Waals surface area contributed by atoms with Crippen LogP contribution in [-0.2, 0) is 9.53 Å². The molecule has 0 radical (unpaired) electrons. The van der Waals surface area contributed by atoms with E-state index in [9.17, 15) is 27.6 Å². The molecule has 11 nitrogen and oxygen atoms in total. The van der Waals surface area contributed by atoms with Gasteiger partial charge in [0.1, 0.15) is 17.0 Å². The fourth-order valence-corrected chi connectivity index (χ4v) is 6.84. The summed E-state index contributed by atoms with van der Waals surface area (Å²) < 4.78 is 43.0. The summed E-state index contributed by atoms with van der Waals surface area (Å²) in [7, 11) is 0. The van der Waals surface area contributed by atoms with Crippen molar-refractivity contribution in [2.75, 3.05) is 52.4 Å². The van der Waals surface area contributed by atoms with Crippen molar-refractivity contribution in [1.82, 2.24) is 30.0 Å². The summed E-state index contributed by atoms with van der Waals surface area (Å²) in [5.74, 6) is 0.953. The zero-order valence-corrected chi connectivity index (χ0v) is 34.2. The largest absolute Gasteiger partial charge is 0.446 e. The number of likely N-dealkylation sites (tertiary alicyclic amines) is 1. The molecule has 314 valence electrons. The molecule has 2 atom stereocenters. The number of nitrogens with one attached hydrogen (secondary N) is 3. The highest BCUT2D eigenvalue weighted by atomic mass is 19.4. The number of benzene rings is 2. The number of hydrogen-bond donors (Lipinski definition) is 3. The zero-order chi connectivity index (χ0) is 42.9. The molecule has 0 saturated carbocycles. The van der Waals surface area contributed by atoms with Gasteiger partial charge < -0.3 is 34.7 Å². The van der Waals surface area contributed by atoms with Crippen LogP contribution in [0, 0.1) is 11.8 Å². The fraction of sp³-hybridized carbons (Fsp3) is 0.535. The minimum Gasteiger partial charge on any atom is -0.444 e. The Labute approximate surface area is 336 Å². The van der Waals surface area contributed by atoms with Crippen LogP contribution in [-0.4, -0.2) is 113 Å². The molecule has 0 spiro atoms. The lowest BCUT2D eigenvalue weighted by Crippen LogP contribution is -2.46. The first-order valence-electron chi connectivity index (χ1n) is 20.5. The molecule has 2 aliphatic rings. The molecule has 14 heteroatoms. The summed E-state index contributed by atoms with van der Waals surface area (Å²) in [6.45, 7) is 18.3. The number of rotatable bonds is 8. The van der Waals surface area contributed by atoms with E-state index in [1.165, 1.54) is 12.8 Å². The molecule has 2 saturated heterocycles. The molecule has 2 aromatic heterocycles. The number of piperidine rings is 2. The van der Waals surface area contributed by atoms with E-state index in [4.69, 9.17) is 10.9 Å². The average Bonchev–Trinajstić information content (AvgIpc) is 3.84. The van der Waals surface area contributed by atoms with E-state index in [2.05, 4.69) is 22.2 Å². The van der Waals surface area contributed by atoms with Crippen LogP contribution in [0.15, 0.2) is 60.7 Å². The number of halogens is 3. The van der Waals surface area contributed by atoms with Crippen molar-refractivity contribution < 1.29 is 38.5 Å². The number of alkyl halides is 3. The van der Waals surface area contributed by atoms with Crippen molar-refractivity contribution in [1.29, 1.82) is 0 Å². The molecule has 0 bridgehead atoms. The highest BCUT2D eigenvalue weighted by Gasteiger charge is 2.30. The number of para-hydroxylation sites is 2. The molecule has 2 aromatic carbocycles. The predicted octanol–water partition coefficient (Wildman–Crippen LogP) is 8.68. The minimum absolute atomic E-state index is 0.00749. The van der Waals surface area contributed by atoms with E-state index in [0.29, 0.717) is 50.4 Å². The first-order chi connectivity index (χ1) is 27.5. The SMILES string of the molecule is CCN(CC1CCCN(C(=O)OC(C)(C)C)C1)C(=O)c1cc2ccccc2[nH]1.CCN(CC1CCCNC1)C(=O)c1cc2ccccc2[nH]1.O=CC(F)(F)F.[2H]CC. The maximum Gasteiger partial charge on any atom is 0.446 e. The Balaban J connectivity index is 0.000000263. The monoisotopic (exact) mass is 799 g/mol. The van der Waals surface area contributed by atoms with Crippen LogP contribution in [0.1, 0.15) is 96.5 Å². The number of H-pyrrole nitrogens is 2. The summed E-state index contributed by atoms with van der Waals surface area (Å²) in [6, 6.07) is 19.8. The third-order valence-electron chi connectivity index (χ3n) is 9.52. The zero-order valence-electron chi connectivity index (χ0n) is 35.2. The molecule has 57 heavy (non-hydrogen) atoms. The van der Waals surface area contributed by atoms with E-state index in [1.54, 1.807) is 11.8 Å². The van der Waals surface area contributed by atoms with Gasteiger partial charge in [0, 0.05) is 62.4 Å². The minimum atomic E-state index is -4.64. The third kappa shape index (κ3) is 14.9. The topological polar surface area (TPSA) is 131 Å². The molecular weight excluding hydrogens is 738 g/mol. The molecule has 2 aliphatic heterocycles. The standard InChI is InChI=1S/C22H31N3O3.C17H23N3O.C2HF3O.C2H6/c1-5-24(20(26)19-13-17-10-6-7-11-18(17)23-19)14-16-9-8-12-25(15-16)21(27)28-22(2,3)4;1-2-20(12-13-6-5-9-18-11-13)17(21)16-10-14-7-3-4-8-15(14)19-16;3-2(4,5)1-6;1-2/h6-7,10-11,13,16,23H,5,8-9,12,14-15H2,1-4H3;3-4,7-8,10,13,18-19H,2,5-6,9,11-12H2,1H3;1H;1-2H3/i;;;1D. The van der Waals surface area contributed by atoms with Gasteiger partial charge in [0.15, 0.2) is 0 Å². The Morgan fingerprint density at radius 2 is 1.33 bits per heavy atom. The van der Waals surface area contributed by atoms with E-state index in [-0.39, 0.29) is 23.8 Å². The van der Waals surface area contributed by atoms with Crippen molar-refractivity contribution >= 4 is 46.0 Å². The molecule has 6 rings (SSSR count). The highest BCUT2D eigenvalue weighted by Crippen LogP contribution is 2.23. The van der Waals surface area contributed by atoms with Crippen LogP contribution >= 0.6 is 0 Å². The molecule has 3 N–H and O–H groups in total. The van der Waals surface area contributed by atoms with Crippen molar-refractivity contribution in [3.05, 3.63) is 72.1 Å². The second-order valence-electron chi connectivity index (χ2n) is 15.0. The maximum absolute atomic E-state index is 13.0. The summed E-state index contributed by atoms with van der Waals surface area (Å²) in [5.41, 5.74) is 2.81. The number of aldehydes is 1. The molecule has 4 aromatic rings. The third-order valence-corrected chi connectivity index (χ3v) is 9.52. The number of aromatic nitrogens is 2. The summed E-state index contributed by atoms with van der Waals surface area (Å²) >= 11 is 0. The summed E-state index contributed by atoms with van der Waals surface area (Å²) in [5, 5.41) is 5.55. The Morgan fingerprint density at radius 1 is 0.860 bits per heavy atom. The van der Waals surface area contributed by atoms with Gasteiger partial charge in [-0.05, 0) is 109 Å². The van der Waals surface area contributed by atoms with Gasteiger partial charge in [-0.15, -0.1) is 0 Å². The number of nitrogens with zero attached hydrogens (tertiary/aromatic N) is 3. The molecule has 2 fully saturated rings. The average molecular weight is 800 g/mol. The number of aromatic amines is 2. The van der Waals surface area contributed by atoms with Crippen LogP contribution in [0.4, 0.5) is 18.0 Å². The molecule has 4 heterocycles. The normalized spacial score (nSPS) is 17.1. The quantitative estimate of drug-likeness (QED) is 0.153. The lowest BCUT2D eigenvalue weighted by atomic mass is 9.97. The van der Waals surface area contributed by atoms with Crippen molar-refractivity contribution in [2.24, 2.45) is 11.8 Å². The Hall–Kier alpha value is -4.85. The van der Waals surface area contributed by atoms with Crippen LogP contribution in [0.25, 0.3) is 21.8 Å². The Bertz CT molecular complexity index is 1820. The smallest absolute Gasteiger partial charge is 0.444 e. The van der Waals surface area contributed by atoms with E-state index in [1.807, 2.05) is 98.2 Å². The van der Waals surface area contributed by atoms with Gasteiger partial charge in [-0.3, -0.25) is 14.4 Å². The van der Waals surface area contributed by atoms with Gasteiger partial charge in [-0.25, -0.2) is 4.79 Å². The van der Waals surface area contributed by atoms with Crippen LogP contribution in [0.2, 0.25) is 0 Å². The lowest BCUT2D eigenvalue weighted by Gasteiger charge is -2.36. The van der Waals surface area contributed by atoms with E-state index in [0.717, 1.165) is 60.8 Å². The molecule has 3 amide bonds. The van der Waals surface area contributed by atoms with Crippen molar-refractivity contribution in [3.8, 4) is 0 Å². The number of carbonyl (C=O) groups excluding carboxylic acids is 4. The van der Waals surface area contributed by atoms with Crippen molar-refractivity contribution in [3.63, 3.8) is 0 Å². The lowest BCUT2D eigenvalue weighted by molar-refractivity contribution is -0.156. The first-order valence-corrected chi connectivity index (χ1v) is 19.8. The highest BCUT2D eigenvalue weighted by molar-refractivity contribution is 5.98.